The number of H-pyrrole nitrogens is 1. The molecule has 1 unspecified atom stereocenters. The van der Waals surface area contributed by atoms with Gasteiger partial charge in [0.05, 0.1) is 0 Å². The van der Waals surface area contributed by atoms with Crippen molar-refractivity contribution in [3.05, 3.63) is 41.7 Å². The van der Waals surface area contributed by atoms with Crippen molar-refractivity contribution in [2.24, 2.45) is 0 Å². The van der Waals surface area contributed by atoms with Gasteiger partial charge in [0.15, 0.2) is 6.04 Å². The standard InChI is InChI=1S/C8H9N5/c9-7(8-10-12-13-11-8)6-4-2-1-3-5-6/h1-5,7H,9H2,(H,10,11,12,13)/p+1. The Labute approximate surface area is 75.0 Å². The van der Waals surface area contributed by atoms with Crippen molar-refractivity contribution in [1.82, 2.24) is 20.6 Å². The maximum atomic E-state index is 3.97. The predicted octanol–water partition coefficient (Wildman–Crippen LogP) is -0.469. The van der Waals surface area contributed by atoms with E-state index in [4.69, 9.17) is 0 Å². The van der Waals surface area contributed by atoms with Gasteiger partial charge in [-0.25, -0.2) is 0 Å². The molecule has 13 heavy (non-hydrogen) atoms. The minimum atomic E-state index is -0.0556. The molecule has 1 atom stereocenters. The van der Waals surface area contributed by atoms with Crippen LogP contribution in [0.3, 0.4) is 0 Å². The zero-order valence-electron chi connectivity index (χ0n) is 7.01. The van der Waals surface area contributed by atoms with E-state index in [-0.39, 0.29) is 6.04 Å². The zero-order valence-corrected chi connectivity index (χ0v) is 7.01. The Kier molecular flexibility index (Phi) is 2.01. The van der Waals surface area contributed by atoms with Crippen LogP contribution in [0.1, 0.15) is 17.4 Å². The molecule has 1 aromatic carbocycles. The number of nitrogens with one attached hydrogen (secondary N) is 1. The molecule has 0 saturated heterocycles. The molecular formula is C8H10N5+. The average Bonchev–Trinajstić information content (AvgIpc) is 2.71. The molecule has 0 radical (unpaired) electrons. The molecule has 0 spiro atoms. The first-order valence-electron chi connectivity index (χ1n) is 3.99. The van der Waals surface area contributed by atoms with Gasteiger partial charge >= 0.3 is 0 Å². The summed E-state index contributed by atoms with van der Waals surface area (Å²) in [5.41, 5.74) is 5.05. The minimum absolute atomic E-state index is 0.0556. The fraction of sp³-hybridized carbons (Fsp3) is 0.125. The van der Waals surface area contributed by atoms with Crippen molar-refractivity contribution < 1.29 is 5.73 Å². The monoisotopic (exact) mass is 176 g/mol. The Morgan fingerprint density at radius 1 is 1.23 bits per heavy atom. The Balaban J connectivity index is 2.29. The van der Waals surface area contributed by atoms with Crippen molar-refractivity contribution in [1.29, 1.82) is 0 Å². The normalized spacial score (nSPS) is 12.7. The number of quaternary nitrogens is 1. The molecule has 0 fully saturated rings. The second-order valence-corrected chi connectivity index (χ2v) is 2.73. The highest BCUT2D eigenvalue weighted by molar-refractivity contribution is 5.20. The minimum Gasteiger partial charge on any atom is -0.345 e. The van der Waals surface area contributed by atoms with E-state index in [1.54, 1.807) is 0 Å². The maximum absolute atomic E-state index is 3.97. The molecule has 2 rings (SSSR count). The van der Waals surface area contributed by atoms with Gasteiger partial charge < -0.3 is 5.73 Å². The van der Waals surface area contributed by atoms with Gasteiger partial charge in [-0.05, 0) is 5.21 Å². The van der Waals surface area contributed by atoms with Crippen LogP contribution in [0.2, 0.25) is 0 Å². The number of aromatic nitrogens is 4. The predicted molar refractivity (Wildman–Crippen MR) is 45.4 cm³/mol. The van der Waals surface area contributed by atoms with Crippen molar-refractivity contribution >= 4 is 0 Å². The third-order valence-corrected chi connectivity index (χ3v) is 1.88. The zero-order chi connectivity index (χ0) is 9.10. The Morgan fingerprint density at radius 3 is 2.62 bits per heavy atom. The lowest BCUT2D eigenvalue weighted by Crippen LogP contribution is -2.54. The van der Waals surface area contributed by atoms with Gasteiger partial charge in [0.25, 0.3) is 0 Å². The van der Waals surface area contributed by atoms with Crippen molar-refractivity contribution in [3.8, 4) is 0 Å². The average molecular weight is 176 g/mol. The van der Waals surface area contributed by atoms with Crippen molar-refractivity contribution in [3.63, 3.8) is 0 Å². The van der Waals surface area contributed by atoms with E-state index in [9.17, 15) is 0 Å². The third kappa shape index (κ3) is 1.54. The van der Waals surface area contributed by atoms with E-state index in [1.165, 1.54) is 0 Å². The first kappa shape index (κ1) is 7.88. The van der Waals surface area contributed by atoms with Crippen LogP contribution < -0.4 is 5.73 Å². The van der Waals surface area contributed by atoms with E-state index in [0.29, 0.717) is 5.82 Å². The van der Waals surface area contributed by atoms with Gasteiger partial charge in [-0.3, -0.25) is 0 Å². The first-order valence-corrected chi connectivity index (χ1v) is 3.99. The van der Waals surface area contributed by atoms with E-state index in [2.05, 4.69) is 26.4 Å². The molecule has 0 aliphatic heterocycles. The number of benzene rings is 1. The topological polar surface area (TPSA) is 82.1 Å². The first-order chi connectivity index (χ1) is 6.38. The molecule has 2 aromatic rings. The molecule has 0 aliphatic rings. The summed E-state index contributed by atoms with van der Waals surface area (Å²) >= 11 is 0. The van der Waals surface area contributed by atoms with E-state index >= 15 is 0 Å². The SMILES string of the molecule is [NH3+]C(c1ccccc1)c1nn[nH]n1. The Bertz CT molecular complexity index is 355. The second kappa shape index (κ2) is 3.32. The molecular weight excluding hydrogens is 166 g/mol. The number of nitrogens with zero attached hydrogens (tertiary/aromatic N) is 3. The largest absolute Gasteiger partial charge is 0.345 e. The van der Waals surface area contributed by atoms with Crippen LogP contribution in [0, 0.1) is 0 Å². The number of aromatic amines is 1. The molecule has 4 N–H and O–H groups in total. The molecule has 66 valence electrons. The molecule has 5 heteroatoms. The van der Waals surface area contributed by atoms with Crippen LogP contribution in [0.5, 0.6) is 0 Å². The summed E-state index contributed by atoms with van der Waals surface area (Å²) in [6.07, 6.45) is 0. The summed E-state index contributed by atoms with van der Waals surface area (Å²) in [5.74, 6) is 0.617. The number of tetrazole rings is 1. The third-order valence-electron chi connectivity index (χ3n) is 1.88. The lowest BCUT2D eigenvalue weighted by Gasteiger charge is -2.02. The van der Waals surface area contributed by atoms with Gasteiger partial charge in [-0.1, -0.05) is 30.3 Å². The van der Waals surface area contributed by atoms with Gasteiger partial charge in [0.2, 0.25) is 5.82 Å². The quantitative estimate of drug-likeness (QED) is 0.649. The fourth-order valence-corrected chi connectivity index (χ4v) is 1.15. The molecule has 5 nitrogen and oxygen atoms in total. The number of rotatable bonds is 2. The van der Waals surface area contributed by atoms with Crippen LogP contribution in [0.15, 0.2) is 30.3 Å². The smallest absolute Gasteiger partial charge is 0.236 e. The highest BCUT2D eigenvalue weighted by Crippen LogP contribution is 2.11. The van der Waals surface area contributed by atoms with Gasteiger partial charge in [-0.2, -0.15) is 5.21 Å². The van der Waals surface area contributed by atoms with E-state index in [0.717, 1.165) is 5.56 Å². The van der Waals surface area contributed by atoms with Gasteiger partial charge in [-0.15, -0.1) is 10.2 Å². The number of hydrogen-bond donors (Lipinski definition) is 2. The molecule has 0 bridgehead atoms. The molecule has 0 saturated carbocycles. The molecule has 1 heterocycles. The van der Waals surface area contributed by atoms with Crippen LogP contribution in [-0.2, 0) is 0 Å². The lowest BCUT2D eigenvalue weighted by atomic mass is 10.1. The van der Waals surface area contributed by atoms with Crippen LogP contribution in [-0.4, -0.2) is 20.6 Å². The van der Waals surface area contributed by atoms with Crippen molar-refractivity contribution in [2.45, 2.75) is 6.04 Å². The van der Waals surface area contributed by atoms with Crippen LogP contribution in [0.25, 0.3) is 0 Å². The Morgan fingerprint density at radius 2 is 2.00 bits per heavy atom. The highest BCUT2D eigenvalue weighted by Gasteiger charge is 2.15. The van der Waals surface area contributed by atoms with E-state index in [1.807, 2.05) is 30.3 Å². The molecule has 0 aliphatic carbocycles. The van der Waals surface area contributed by atoms with Gasteiger partial charge in [0.1, 0.15) is 0 Å². The summed E-state index contributed by atoms with van der Waals surface area (Å²) in [6, 6.07) is 9.83. The summed E-state index contributed by atoms with van der Waals surface area (Å²) in [5, 5.41) is 13.7. The van der Waals surface area contributed by atoms with Crippen molar-refractivity contribution in [2.75, 3.05) is 0 Å². The lowest BCUT2D eigenvalue weighted by molar-refractivity contribution is -0.413. The molecule has 1 aromatic heterocycles. The summed E-state index contributed by atoms with van der Waals surface area (Å²) in [4.78, 5) is 0. The summed E-state index contributed by atoms with van der Waals surface area (Å²) in [6.45, 7) is 0. The van der Waals surface area contributed by atoms with E-state index < -0.39 is 0 Å². The number of hydrogen-bond acceptors (Lipinski definition) is 3. The van der Waals surface area contributed by atoms with Crippen LogP contribution in [0.4, 0.5) is 0 Å². The van der Waals surface area contributed by atoms with Gasteiger partial charge in [0, 0.05) is 5.56 Å². The molecule has 0 amide bonds. The summed E-state index contributed by atoms with van der Waals surface area (Å²) < 4.78 is 0. The second-order valence-electron chi connectivity index (χ2n) is 2.73. The van der Waals surface area contributed by atoms with Crippen LogP contribution >= 0.6 is 0 Å². The highest BCUT2D eigenvalue weighted by atomic mass is 15.5. The Hall–Kier alpha value is -1.75. The fourth-order valence-electron chi connectivity index (χ4n) is 1.15. The maximum Gasteiger partial charge on any atom is 0.236 e. The summed E-state index contributed by atoms with van der Waals surface area (Å²) in [7, 11) is 0.